The SMILES string of the molecule is CCCP(C)(CCC)(CCC)OS(=O)(=O)c1ccc(C)cc1. The summed E-state index contributed by atoms with van der Waals surface area (Å²) in [6, 6.07) is 6.94. The molecule has 0 saturated carbocycles. The van der Waals surface area contributed by atoms with Crippen molar-refractivity contribution in [1.82, 2.24) is 0 Å². The molecule has 0 N–H and O–H groups in total. The zero-order valence-corrected chi connectivity index (χ0v) is 16.3. The van der Waals surface area contributed by atoms with Gasteiger partial charge in [0.1, 0.15) is 0 Å². The van der Waals surface area contributed by atoms with Gasteiger partial charge in [0.25, 0.3) is 0 Å². The zero-order chi connectivity index (χ0) is 16.9. The van der Waals surface area contributed by atoms with Crippen LogP contribution in [-0.4, -0.2) is 33.6 Å². The van der Waals surface area contributed by atoms with Crippen molar-refractivity contribution in [3.63, 3.8) is 0 Å². The van der Waals surface area contributed by atoms with Crippen LogP contribution in [0.25, 0.3) is 0 Å². The van der Waals surface area contributed by atoms with Crippen LogP contribution >= 0.6 is 6.83 Å². The van der Waals surface area contributed by atoms with Gasteiger partial charge in [0, 0.05) is 0 Å². The molecule has 0 aliphatic heterocycles. The van der Waals surface area contributed by atoms with Gasteiger partial charge in [-0.15, -0.1) is 0 Å². The molecule has 0 spiro atoms. The van der Waals surface area contributed by atoms with E-state index in [1.807, 2.05) is 19.1 Å². The van der Waals surface area contributed by atoms with Gasteiger partial charge in [0.15, 0.2) is 0 Å². The molecule has 0 aliphatic rings. The molecule has 0 aromatic heterocycles. The van der Waals surface area contributed by atoms with Gasteiger partial charge in [-0.2, -0.15) is 0 Å². The Labute approximate surface area is 136 Å². The van der Waals surface area contributed by atoms with Crippen molar-refractivity contribution in [2.24, 2.45) is 0 Å². The molecular weight excluding hydrogens is 315 g/mol. The summed E-state index contributed by atoms with van der Waals surface area (Å²) in [7, 11) is -3.70. The summed E-state index contributed by atoms with van der Waals surface area (Å²) in [5.41, 5.74) is 1.05. The second kappa shape index (κ2) is 7.42. The molecule has 0 fully saturated rings. The summed E-state index contributed by atoms with van der Waals surface area (Å²) < 4.78 is 31.7. The minimum absolute atomic E-state index is 0.275. The molecule has 0 unspecified atom stereocenters. The van der Waals surface area contributed by atoms with Gasteiger partial charge in [0.2, 0.25) is 0 Å². The molecule has 0 aliphatic carbocycles. The number of hydrogen-bond acceptors (Lipinski definition) is 3. The van der Waals surface area contributed by atoms with Crippen LogP contribution in [-0.2, 0) is 14.1 Å². The van der Waals surface area contributed by atoms with Gasteiger partial charge in [-0.25, -0.2) is 0 Å². The fourth-order valence-corrected chi connectivity index (χ4v) is 12.0. The van der Waals surface area contributed by atoms with E-state index in [0.717, 1.165) is 43.3 Å². The summed E-state index contributed by atoms with van der Waals surface area (Å²) in [5.74, 6) is 0. The number of hydrogen-bond donors (Lipinski definition) is 0. The van der Waals surface area contributed by atoms with Crippen LogP contribution in [0.5, 0.6) is 0 Å². The first kappa shape index (κ1) is 19.6. The van der Waals surface area contributed by atoms with Gasteiger partial charge in [-0.05, 0) is 0 Å². The summed E-state index contributed by atoms with van der Waals surface area (Å²) in [5, 5.41) is 0. The molecule has 0 bridgehead atoms. The zero-order valence-electron chi connectivity index (χ0n) is 14.6. The second-order valence-electron chi connectivity index (χ2n) is 6.70. The van der Waals surface area contributed by atoms with Gasteiger partial charge < -0.3 is 0 Å². The van der Waals surface area contributed by atoms with Crippen LogP contribution in [0.4, 0.5) is 0 Å². The van der Waals surface area contributed by atoms with Crippen LogP contribution < -0.4 is 0 Å². The van der Waals surface area contributed by atoms with E-state index < -0.39 is 16.9 Å². The third-order valence-corrected chi connectivity index (χ3v) is 12.8. The maximum atomic E-state index is 12.8. The van der Waals surface area contributed by atoms with E-state index in [1.165, 1.54) is 0 Å². The van der Waals surface area contributed by atoms with Crippen LogP contribution in [0.15, 0.2) is 29.2 Å². The number of rotatable bonds is 9. The predicted octanol–water partition coefficient (Wildman–Crippen LogP) is 5.03. The molecule has 0 heterocycles. The van der Waals surface area contributed by atoms with E-state index in [0.29, 0.717) is 0 Å². The van der Waals surface area contributed by atoms with Gasteiger partial charge in [0.05, 0.1) is 0 Å². The third kappa shape index (κ3) is 4.78. The Balaban J connectivity index is 3.24. The molecule has 5 heteroatoms. The van der Waals surface area contributed by atoms with E-state index in [4.69, 9.17) is 3.97 Å². The molecule has 0 saturated heterocycles. The Kier molecular flexibility index (Phi) is 6.61. The van der Waals surface area contributed by atoms with E-state index in [9.17, 15) is 8.42 Å². The van der Waals surface area contributed by atoms with Gasteiger partial charge >= 0.3 is 136 Å². The topological polar surface area (TPSA) is 43.4 Å². The van der Waals surface area contributed by atoms with E-state index >= 15 is 0 Å². The monoisotopic (exact) mass is 346 g/mol. The second-order valence-corrected chi connectivity index (χ2v) is 14.4. The normalized spacial score (nSPS) is 14.5. The third-order valence-electron chi connectivity index (χ3n) is 4.20. The molecule has 0 atom stereocenters. The fraction of sp³-hybridized carbons (Fsp3) is 0.647. The predicted molar refractivity (Wildman–Crippen MR) is 97.8 cm³/mol. The molecule has 1 aromatic carbocycles. The molecule has 0 radical (unpaired) electrons. The summed E-state index contributed by atoms with van der Waals surface area (Å²) in [4.78, 5) is 0.275. The molecule has 1 rings (SSSR count). The van der Waals surface area contributed by atoms with Crippen LogP contribution in [0.2, 0.25) is 0 Å². The Morgan fingerprint density at radius 2 is 1.32 bits per heavy atom. The molecule has 0 amide bonds. The Morgan fingerprint density at radius 3 is 1.68 bits per heavy atom. The average molecular weight is 346 g/mol. The fourth-order valence-electron chi connectivity index (χ4n) is 3.39. The van der Waals surface area contributed by atoms with E-state index in [2.05, 4.69) is 27.4 Å². The first-order chi connectivity index (χ1) is 10.2. The van der Waals surface area contributed by atoms with Crippen LogP contribution in [0.3, 0.4) is 0 Å². The standard InChI is InChI=1S/C17H31O3PS/c1-6-13-21(5,14-7-2,15-8-3)20-22(18,19)17-11-9-16(4)10-12-17/h9-12H,6-8,13-15H2,1-5H3. The van der Waals surface area contributed by atoms with Gasteiger partial charge in [-0.3, -0.25) is 0 Å². The molecule has 1 aromatic rings. The van der Waals surface area contributed by atoms with Crippen LogP contribution in [0, 0.1) is 6.92 Å². The number of benzene rings is 1. The average Bonchev–Trinajstić information content (AvgIpc) is 2.38. The Bertz CT molecular complexity index is 559. The summed E-state index contributed by atoms with van der Waals surface area (Å²) >= 11 is 0. The van der Waals surface area contributed by atoms with Crippen molar-refractivity contribution < 1.29 is 12.4 Å². The van der Waals surface area contributed by atoms with Crippen molar-refractivity contribution in [3.8, 4) is 0 Å². The Hall–Kier alpha value is -0.440. The molecule has 128 valence electrons. The maximum absolute atomic E-state index is 12.8. The van der Waals surface area contributed by atoms with E-state index in [-0.39, 0.29) is 4.90 Å². The van der Waals surface area contributed by atoms with Crippen molar-refractivity contribution in [2.75, 3.05) is 25.2 Å². The quantitative estimate of drug-likeness (QED) is 0.589. The first-order valence-corrected chi connectivity index (χ1v) is 12.8. The molecule has 3 nitrogen and oxygen atoms in total. The van der Waals surface area contributed by atoms with Gasteiger partial charge in [-0.1, -0.05) is 0 Å². The molecular formula is C17H31O3PS. The Morgan fingerprint density at radius 1 is 0.909 bits per heavy atom. The van der Waals surface area contributed by atoms with Crippen molar-refractivity contribution in [2.45, 2.75) is 51.9 Å². The van der Waals surface area contributed by atoms with Crippen LogP contribution in [0.1, 0.15) is 45.6 Å². The first-order valence-electron chi connectivity index (χ1n) is 8.23. The number of aryl methyl sites for hydroxylation is 1. The summed E-state index contributed by atoms with van der Waals surface area (Å²) in [6.45, 7) is 7.69. The minimum atomic E-state index is -3.70. The van der Waals surface area contributed by atoms with Crippen molar-refractivity contribution in [1.29, 1.82) is 0 Å². The van der Waals surface area contributed by atoms with E-state index in [1.54, 1.807) is 12.1 Å². The van der Waals surface area contributed by atoms with Crippen molar-refractivity contribution >= 4 is 16.9 Å². The summed E-state index contributed by atoms with van der Waals surface area (Å²) in [6.07, 6.45) is 5.49. The molecule has 22 heavy (non-hydrogen) atoms. The van der Waals surface area contributed by atoms with Crippen molar-refractivity contribution in [3.05, 3.63) is 29.8 Å².